The molecule has 0 aromatic heterocycles. The standard InChI is InChI=1S/C14H20N2O4/c1-3-12-9-20-7-6-15(12)13-5-4-11(10(2)17)8-14(13)16(18)19/h4-5,8,10,12,17H,3,6-7,9H2,1-2H3. The molecule has 1 N–H and O–H groups in total. The molecule has 1 aromatic rings. The Morgan fingerprint density at radius 2 is 2.35 bits per heavy atom. The Kier molecular flexibility index (Phi) is 4.57. The van der Waals surface area contributed by atoms with Crippen LogP contribution in [0.15, 0.2) is 18.2 Å². The molecule has 6 heteroatoms. The lowest BCUT2D eigenvalue weighted by Gasteiger charge is -2.36. The number of rotatable bonds is 4. The van der Waals surface area contributed by atoms with Crippen molar-refractivity contribution in [2.75, 3.05) is 24.7 Å². The second-order valence-electron chi connectivity index (χ2n) is 5.01. The van der Waals surface area contributed by atoms with E-state index in [1.165, 1.54) is 6.07 Å². The van der Waals surface area contributed by atoms with Crippen molar-refractivity contribution in [1.82, 2.24) is 0 Å². The maximum Gasteiger partial charge on any atom is 0.292 e. The van der Waals surface area contributed by atoms with Gasteiger partial charge in [0.15, 0.2) is 0 Å². The zero-order chi connectivity index (χ0) is 14.7. The molecule has 2 rings (SSSR count). The molecule has 0 radical (unpaired) electrons. The minimum absolute atomic E-state index is 0.0451. The van der Waals surface area contributed by atoms with Crippen LogP contribution in [-0.4, -0.2) is 35.8 Å². The molecule has 1 heterocycles. The molecule has 110 valence electrons. The van der Waals surface area contributed by atoms with Crippen LogP contribution < -0.4 is 4.90 Å². The molecular formula is C14H20N2O4. The molecule has 0 bridgehead atoms. The summed E-state index contributed by atoms with van der Waals surface area (Å²) in [5.74, 6) is 0. The van der Waals surface area contributed by atoms with Gasteiger partial charge in [-0.05, 0) is 25.0 Å². The van der Waals surface area contributed by atoms with Gasteiger partial charge >= 0.3 is 0 Å². The molecular weight excluding hydrogens is 260 g/mol. The van der Waals surface area contributed by atoms with Crippen molar-refractivity contribution in [2.24, 2.45) is 0 Å². The van der Waals surface area contributed by atoms with Crippen LogP contribution in [0.1, 0.15) is 31.9 Å². The molecule has 1 aromatic carbocycles. The Morgan fingerprint density at radius 3 is 2.95 bits per heavy atom. The first-order valence-corrected chi connectivity index (χ1v) is 6.85. The van der Waals surface area contributed by atoms with Gasteiger partial charge in [0.25, 0.3) is 5.69 Å². The van der Waals surface area contributed by atoms with Gasteiger partial charge in [-0.15, -0.1) is 0 Å². The van der Waals surface area contributed by atoms with E-state index in [1.807, 2.05) is 11.8 Å². The normalized spacial score (nSPS) is 20.8. The summed E-state index contributed by atoms with van der Waals surface area (Å²) in [6.45, 7) is 5.45. The van der Waals surface area contributed by atoms with Crippen LogP contribution in [-0.2, 0) is 4.74 Å². The van der Waals surface area contributed by atoms with E-state index in [4.69, 9.17) is 4.74 Å². The number of nitrogens with zero attached hydrogens (tertiary/aromatic N) is 2. The van der Waals surface area contributed by atoms with Gasteiger partial charge in [-0.1, -0.05) is 13.0 Å². The quantitative estimate of drug-likeness (QED) is 0.676. The van der Waals surface area contributed by atoms with Gasteiger partial charge in [0.05, 0.1) is 30.3 Å². The van der Waals surface area contributed by atoms with Gasteiger partial charge in [-0.2, -0.15) is 0 Å². The predicted molar refractivity (Wildman–Crippen MR) is 76.0 cm³/mol. The summed E-state index contributed by atoms with van der Waals surface area (Å²) in [5, 5.41) is 20.9. The van der Waals surface area contributed by atoms with Gasteiger partial charge in [-0.3, -0.25) is 10.1 Å². The topological polar surface area (TPSA) is 75.8 Å². The molecule has 0 amide bonds. The molecule has 6 nitrogen and oxygen atoms in total. The number of ether oxygens (including phenoxy) is 1. The molecule has 1 aliphatic heterocycles. The highest BCUT2D eigenvalue weighted by Gasteiger charge is 2.28. The summed E-state index contributed by atoms with van der Waals surface area (Å²) in [6, 6.07) is 5.09. The number of aliphatic hydroxyl groups excluding tert-OH is 1. The van der Waals surface area contributed by atoms with Gasteiger partial charge < -0.3 is 14.7 Å². The van der Waals surface area contributed by atoms with Crippen molar-refractivity contribution >= 4 is 11.4 Å². The average molecular weight is 280 g/mol. The number of benzene rings is 1. The summed E-state index contributed by atoms with van der Waals surface area (Å²) in [4.78, 5) is 12.9. The van der Waals surface area contributed by atoms with Crippen molar-refractivity contribution in [3.8, 4) is 0 Å². The lowest BCUT2D eigenvalue weighted by atomic mass is 10.1. The third-order valence-corrected chi connectivity index (χ3v) is 3.69. The molecule has 0 spiro atoms. The van der Waals surface area contributed by atoms with Gasteiger partial charge in [0, 0.05) is 12.6 Å². The molecule has 0 aliphatic carbocycles. The van der Waals surface area contributed by atoms with E-state index >= 15 is 0 Å². The number of aliphatic hydroxyl groups is 1. The molecule has 20 heavy (non-hydrogen) atoms. The first-order valence-electron chi connectivity index (χ1n) is 6.85. The van der Waals surface area contributed by atoms with Crippen LogP contribution in [0.4, 0.5) is 11.4 Å². The highest BCUT2D eigenvalue weighted by atomic mass is 16.6. The minimum Gasteiger partial charge on any atom is -0.389 e. The number of nitro benzene ring substituents is 1. The summed E-state index contributed by atoms with van der Waals surface area (Å²) in [6.07, 6.45) is 0.157. The monoisotopic (exact) mass is 280 g/mol. The van der Waals surface area contributed by atoms with Crippen LogP contribution >= 0.6 is 0 Å². The lowest BCUT2D eigenvalue weighted by molar-refractivity contribution is -0.384. The van der Waals surface area contributed by atoms with E-state index < -0.39 is 6.10 Å². The summed E-state index contributed by atoms with van der Waals surface area (Å²) >= 11 is 0. The second kappa shape index (κ2) is 6.19. The van der Waals surface area contributed by atoms with E-state index in [9.17, 15) is 15.2 Å². The van der Waals surface area contributed by atoms with Crippen molar-refractivity contribution in [1.29, 1.82) is 0 Å². The molecule has 2 unspecified atom stereocenters. The number of anilines is 1. The third-order valence-electron chi connectivity index (χ3n) is 3.69. The number of hydrogen-bond acceptors (Lipinski definition) is 5. The van der Waals surface area contributed by atoms with E-state index in [2.05, 4.69) is 0 Å². The Morgan fingerprint density at radius 1 is 1.60 bits per heavy atom. The number of nitro groups is 1. The van der Waals surface area contributed by atoms with Crippen LogP contribution in [0.3, 0.4) is 0 Å². The fourth-order valence-electron chi connectivity index (χ4n) is 2.50. The second-order valence-corrected chi connectivity index (χ2v) is 5.01. The van der Waals surface area contributed by atoms with Crippen molar-refractivity contribution in [2.45, 2.75) is 32.4 Å². The number of morpholine rings is 1. The van der Waals surface area contributed by atoms with Crippen molar-refractivity contribution < 1.29 is 14.8 Å². The Labute approximate surface area is 118 Å². The maximum absolute atomic E-state index is 11.3. The van der Waals surface area contributed by atoms with E-state index in [1.54, 1.807) is 19.1 Å². The molecule has 2 atom stereocenters. The van der Waals surface area contributed by atoms with Crippen LogP contribution in [0.2, 0.25) is 0 Å². The van der Waals surface area contributed by atoms with Gasteiger partial charge in [0.1, 0.15) is 5.69 Å². The van der Waals surface area contributed by atoms with Gasteiger partial charge in [0.2, 0.25) is 0 Å². The lowest BCUT2D eigenvalue weighted by Crippen LogP contribution is -2.45. The zero-order valence-electron chi connectivity index (χ0n) is 11.8. The first kappa shape index (κ1) is 14.7. The fourth-order valence-corrected chi connectivity index (χ4v) is 2.50. The third kappa shape index (κ3) is 2.91. The van der Waals surface area contributed by atoms with E-state index in [0.717, 1.165) is 6.42 Å². The predicted octanol–water partition coefficient (Wildman–Crippen LogP) is 2.26. The highest BCUT2D eigenvalue weighted by Crippen LogP contribution is 2.33. The fraction of sp³-hybridized carbons (Fsp3) is 0.571. The zero-order valence-corrected chi connectivity index (χ0v) is 11.8. The first-order chi connectivity index (χ1) is 9.54. The Balaban J connectivity index is 2.41. The molecule has 0 saturated carbocycles. The Bertz CT molecular complexity index is 490. The maximum atomic E-state index is 11.3. The highest BCUT2D eigenvalue weighted by molar-refractivity contribution is 5.65. The summed E-state index contributed by atoms with van der Waals surface area (Å²) in [5.41, 5.74) is 1.21. The summed E-state index contributed by atoms with van der Waals surface area (Å²) < 4.78 is 5.44. The minimum atomic E-state index is -0.714. The smallest absolute Gasteiger partial charge is 0.292 e. The van der Waals surface area contributed by atoms with E-state index in [-0.39, 0.29) is 16.7 Å². The van der Waals surface area contributed by atoms with Crippen LogP contribution in [0.25, 0.3) is 0 Å². The van der Waals surface area contributed by atoms with Crippen molar-refractivity contribution in [3.05, 3.63) is 33.9 Å². The summed E-state index contributed by atoms with van der Waals surface area (Å²) in [7, 11) is 0. The van der Waals surface area contributed by atoms with Crippen LogP contribution in [0.5, 0.6) is 0 Å². The van der Waals surface area contributed by atoms with Gasteiger partial charge in [-0.25, -0.2) is 0 Å². The Hall–Kier alpha value is -1.66. The largest absolute Gasteiger partial charge is 0.389 e. The number of hydrogen-bond donors (Lipinski definition) is 1. The van der Waals surface area contributed by atoms with Crippen LogP contribution in [0, 0.1) is 10.1 Å². The molecule has 1 aliphatic rings. The molecule has 1 saturated heterocycles. The molecule has 1 fully saturated rings. The SMILES string of the molecule is CCC1COCCN1c1ccc(C(C)O)cc1[N+](=O)[O-]. The van der Waals surface area contributed by atoms with Crippen molar-refractivity contribution in [3.63, 3.8) is 0 Å². The van der Waals surface area contributed by atoms with E-state index in [0.29, 0.717) is 31.0 Å². The average Bonchev–Trinajstić information content (AvgIpc) is 2.46.